The molecular formula is C19H24N2O2. The summed E-state index contributed by atoms with van der Waals surface area (Å²) in [7, 11) is 1.73. The number of para-hydroxylation sites is 2. The van der Waals surface area contributed by atoms with Crippen LogP contribution >= 0.6 is 0 Å². The van der Waals surface area contributed by atoms with E-state index in [2.05, 4.69) is 22.3 Å². The molecule has 1 aliphatic rings. The van der Waals surface area contributed by atoms with Crippen LogP contribution in [0.2, 0.25) is 0 Å². The number of methoxy groups -OCH3 is 1. The van der Waals surface area contributed by atoms with Gasteiger partial charge in [-0.15, -0.1) is 0 Å². The van der Waals surface area contributed by atoms with Crippen molar-refractivity contribution in [2.24, 2.45) is 0 Å². The second-order valence-electron chi connectivity index (χ2n) is 5.66. The monoisotopic (exact) mass is 312 g/mol. The van der Waals surface area contributed by atoms with Crippen molar-refractivity contribution in [3.05, 3.63) is 60.2 Å². The summed E-state index contributed by atoms with van der Waals surface area (Å²) in [5, 5.41) is 3.48. The van der Waals surface area contributed by atoms with Gasteiger partial charge in [0.25, 0.3) is 0 Å². The standard InChI is InChI=1S/C19H24N2O2/c1-22-19-10-6-5-9-17(19)18-15-20-11-12-21(18)13-14-23-16-7-3-2-4-8-16/h2-10,18,20H,11-15H2,1H3. The number of benzene rings is 2. The van der Waals surface area contributed by atoms with Gasteiger partial charge in [0.05, 0.1) is 13.2 Å². The number of hydrogen-bond donors (Lipinski definition) is 1. The van der Waals surface area contributed by atoms with E-state index in [-0.39, 0.29) is 0 Å². The average molecular weight is 312 g/mol. The molecule has 1 aliphatic heterocycles. The number of nitrogens with one attached hydrogen (secondary N) is 1. The van der Waals surface area contributed by atoms with Crippen molar-refractivity contribution in [3.8, 4) is 11.5 Å². The van der Waals surface area contributed by atoms with Gasteiger partial charge in [0.2, 0.25) is 0 Å². The van der Waals surface area contributed by atoms with E-state index in [4.69, 9.17) is 9.47 Å². The highest BCUT2D eigenvalue weighted by molar-refractivity contribution is 5.36. The Balaban J connectivity index is 1.64. The second kappa shape index (κ2) is 7.99. The van der Waals surface area contributed by atoms with Crippen molar-refractivity contribution >= 4 is 0 Å². The number of hydrogen-bond acceptors (Lipinski definition) is 4. The zero-order chi connectivity index (χ0) is 15.9. The molecule has 1 atom stereocenters. The Hall–Kier alpha value is -2.04. The molecule has 0 aromatic heterocycles. The summed E-state index contributed by atoms with van der Waals surface area (Å²) >= 11 is 0. The normalized spacial score (nSPS) is 18.6. The third-order valence-corrected chi connectivity index (χ3v) is 4.24. The third kappa shape index (κ3) is 4.03. The Labute approximate surface area is 138 Å². The van der Waals surface area contributed by atoms with Crippen LogP contribution in [0.5, 0.6) is 11.5 Å². The molecule has 0 amide bonds. The Morgan fingerprint density at radius 1 is 1.09 bits per heavy atom. The van der Waals surface area contributed by atoms with Gasteiger partial charge in [-0.25, -0.2) is 0 Å². The zero-order valence-electron chi connectivity index (χ0n) is 13.6. The summed E-state index contributed by atoms with van der Waals surface area (Å²) in [5.41, 5.74) is 1.24. The highest BCUT2D eigenvalue weighted by atomic mass is 16.5. The van der Waals surface area contributed by atoms with Crippen molar-refractivity contribution in [2.45, 2.75) is 6.04 Å². The molecule has 0 aliphatic carbocycles. The minimum atomic E-state index is 0.319. The molecule has 2 aromatic carbocycles. The summed E-state index contributed by atoms with van der Waals surface area (Å²) in [6, 6.07) is 18.6. The first-order valence-electron chi connectivity index (χ1n) is 8.14. The van der Waals surface area contributed by atoms with Gasteiger partial charge in [-0.3, -0.25) is 4.90 Å². The Bertz CT molecular complexity index is 603. The molecule has 122 valence electrons. The third-order valence-electron chi connectivity index (χ3n) is 4.24. The molecule has 2 aromatic rings. The van der Waals surface area contributed by atoms with Gasteiger partial charge in [0, 0.05) is 31.7 Å². The summed E-state index contributed by atoms with van der Waals surface area (Å²) in [4.78, 5) is 2.47. The van der Waals surface area contributed by atoms with Gasteiger partial charge in [-0.2, -0.15) is 0 Å². The molecule has 4 nitrogen and oxygen atoms in total. The van der Waals surface area contributed by atoms with Crippen LogP contribution in [0.3, 0.4) is 0 Å². The summed E-state index contributed by atoms with van der Waals surface area (Å²) < 4.78 is 11.4. The average Bonchev–Trinajstić information content (AvgIpc) is 2.63. The number of rotatable bonds is 6. The minimum absolute atomic E-state index is 0.319. The molecule has 0 saturated carbocycles. The summed E-state index contributed by atoms with van der Waals surface area (Å²) in [6.07, 6.45) is 0. The van der Waals surface area contributed by atoms with Crippen molar-refractivity contribution in [2.75, 3.05) is 39.9 Å². The molecule has 0 radical (unpaired) electrons. The number of piperazine rings is 1. The molecule has 1 fully saturated rings. The molecule has 1 saturated heterocycles. The molecule has 1 heterocycles. The molecule has 3 rings (SSSR count). The highest BCUT2D eigenvalue weighted by Gasteiger charge is 2.25. The van der Waals surface area contributed by atoms with Crippen LogP contribution in [0.25, 0.3) is 0 Å². The lowest BCUT2D eigenvalue weighted by atomic mass is 10.0. The SMILES string of the molecule is COc1ccccc1C1CNCCN1CCOc1ccccc1. The first kappa shape index (κ1) is 15.8. The predicted molar refractivity (Wildman–Crippen MR) is 92.1 cm³/mol. The second-order valence-corrected chi connectivity index (χ2v) is 5.66. The van der Waals surface area contributed by atoms with Gasteiger partial charge in [-0.05, 0) is 18.2 Å². The molecule has 23 heavy (non-hydrogen) atoms. The van der Waals surface area contributed by atoms with E-state index in [1.807, 2.05) is 42.5 Å². The Morgan fingerprint density at radius 3 is 2.70 bits per heavy atom. The molecule has 4 heteroatoms. The molecule has 0 bridgehead atoms. The number of ether oxygens (including phenoxy) is 2. The van der Waals surface area contributed by atoms with Crippen molar-refractivity contribution in [3.63, 3.8) is 0 Å². The molecular weight excluding hydrogens is 288 g/mol. The number of nitrogens with zero attached hydrogens (tertiary/aromatic N) is 1. The lowest BCUT2D eigenvalue weighted by molar-refractivity contribution is 0.132. The topological polar surface area (TPSA) is 33.7 Å². The fourth-order valence-corrected chi connectivity index (χ4v) is 3.06. The fraction of sp³-hybridized carbons (Fsp3) is 0.368. The summed E-state index contributed by atoms with van der Waals surface area (Å²) in [5.74, 6) is 1.88. The van der Waals surface area contributed by atoms with E-state index in [0.717, 1.165) is 37.7 Å². The lowest BCUT2D eigenvalue weighted by Gasteiger charge is -2.36. The lowest BCUT2D eigenvalue weighted by Crippen LogP contribution is -2.47. The first-order chi connectivity index (χ1) is 11.4. The van der Waals surface area contributed by atoms with Gasteiger partial charge >= 0.3 is 0 Å². The summed E-state index contributed by atoms with van der Waals surface area (Å²) in [6.45, 7) is 4.55. The van der Waals surface area contributed by atoms with E-state index in [0.29, 0.717) is 12.6 Å². The Kier molecular flexibility index (Phi) is 5.51. The van der Waals surface area contributed by atoms with E-state index in [9.17, 15) is 0 Å². The minimum Gasteiger partial charge on any atom is -0.496 e. The van der Waals surface area contributed by atoms with E-state index < -0.39 is 0 Å². The van der Waals surface area contributed by atoms with Crippen molar-refractivity contribution < 1.29 is 9.47 Å². The first-order valence-corrected chi connectivity index (χ1v) is 8.14. The molecule has 1 unspecified atom stereocenters. The van der Waals surface area contributed by atoms with Crippen LogP contribution in [-0.2, 0) is 0 Å². The van der Waals surface area contributed by atoms with Gasteiger partial charge in [0.1, 0.15) is 18.1 Å². The van der Waals surface area contributed by atoms with Crippen LogP contribution in [0.15, 0.2) is 54.6 Å². The molecule has 0 spiro atoms. The smallest absolute Gasteiger partial charge is 0.123 e. The largest absolute Gasteiger partial charge is 0.496 e. The van der Waals surface area contributed by atoms with E-state index >= 15 is 0 Å². The maximum absolute atomic E-state index is 5.86. The van der Waals surface area contributed by atoms with Gasteiger partial charge < -0.3 is 14.8 Å². The van der Waals surface area contributed by atoms with E-state index in [1.54, 1.807) is 7.11 Å². The highest BCUT2D eigenvalue weighted by Crippen LogP contribution is 2.29. The van der Waals surface area contributed by atoms with Crippen LogP contribution < -0.4 is 14.8 Å². The fourth-order valence-electron chi connectivity index (χ4n) is 3.06. The van der Waals surface area contributed by atoms with Crippen LogP contribution in [0, 0.1) is 0 Å². The van der Waals surface area contributed by atoms with Crippen LogP contribution in [0.1, 0.15) is 11.6 Å². The van der Waals surface area contributed by atoms with Crippen LogP contribution in [0.4, 0.5) is 0 Å². The quantitative estimate of drug-likeness (QED) is 0.889. The van der Waals surface area contributed by atoms with Crippen molar-refractivity contribution in [1.29, 1.82) is 0 Å². The molecule has 1 N–H and O–H groups in total. The maximum atomic E-state index is 5.86. The zero-order valence-corrected chi connectivity index (χ0v) is 13.6. The van der Waals surface area contributed by atoms with Gasteiger partial charge in [-0.1, -0.05) is 36.4 Å². The predicted octanol–water partition coefficient (Wildman–Crippen LogP) is 2.72. The van der Waals surface area contributed by atoms with E-state index in [1.165, 1.54) is 5.56 Å². The van der Waals surface area contributed by atoms with Crippen LogP contribution in [-0.4, -0.2) is 44.8 Å². The Morgan fingerprint density at radius 2 is 1.87 bits per heavy atom. The van der Waals surface area contributed by atoms with Crippen molar-refractivity contribution in [1.82, 2.24) is 10.2 Å². The van der Waals surface area contributed by atoms with Gasteiger partial charge in [0.15, 0.2) is 0 Å². The maximum Gasteiger partial charge on any atom is 0.123 e.